The Labute approximate surface area is 190 Å². The Hall–Kier alpha value is -1.68. The van der Waals surface area contributed by atoms with E-state index < -0.39 is 0 Å². The molecular weight excluding hydrogens is 481 g/mol. The first-order chi connectivity index (χ1) is 13.7. The van der Waals surface area contributed by atoms with Gasteiger partial charge in [0.05, 0.1) is 6.54 Å². The van der Waals surface area contributed by atoms with Gasteiger partial charge in [0, 0.05) is 58.7 Å². The predicted octanol–water partition coefficient (Wildman–Crippen LogP) is 1.93. The zero-order chi connectivity index (χ0) is 19.8. The van der Waals surface area contributed by atoms with E-state index in [9.17, 15) is 9.59 Å². The van der Waals surface area contributed by atoms with E-state index in [-0.39, 0.29) is 35.8 Å². The molecule has 0 saturated carbocycles. The molecule has 0 aromatic heterocycles. The molecule has 7 nitrogen and oxygen atoms in total. The third-order valence-electron chi connectivity index (χ3n) is 5.22. The smallest absolute Gasteiger partial charge is 0.229 e. The zero-order valence-electron chi connectivity index (χ0n) is 17.2. The number of piperazine rings is 1. The zero-order valence-corrected chi connectivity index (χ0v) is 19.5. The molecule has 2 aliphatic rings. The van der Waals surface area contributed by atoms with Crippen LogP contribution >= 0.6 is 24.0 Å². The number of nitrogens with zero attached hydrogens (tertiary/aromatic N) is 4. The van der Waals surface area contributed by atoms with Gasteiger partial charge in [0.1, 0.15) is 0 Å². The van der Waals surface area contributed by atoms with E-state index in [2.05, 4.69) is 51.3 Å². The average Bonchev–Trinajstić information content (AvgIpc) is 2.71. The van der Waals surface area contributed by atoms with E-state index in [1.807, 2.05) is 6.07 Å². The number of rotatable bonds is 6. The summed E-state index contributed by atoms with van der Waals surface area (Å²) in [7, 11) is 0. The first-order valence-electron chi connectivity index (χ1n) is 10.3. The van der Waals surface area contributed by atoms with E-state index in [0.717, 1.165) is 45.2 Å². The molecule has 1 aromatic carbocycles. The fourth-order valence-electron chi connectivity index (χ4n) is 3.69. The molecule has 0 bridgehead atoms. The molecule has 2 amide bonds. The van der Waals surface area contributed by atoms with Crippen molar-refractivity contribution in [2.24, 2.45) is 4.99 Å². The summed E-state index contributed by atoms with van der Waals surface area (Å²) in [4.78, 5) is 34.6. The Balaban J connectivity index is 0.00000300. The fourth-order valence-corrected chi connectivity index (χ4v) is 3.69. The summed E-state index contributed by atoms with van der Waals surface area (Å²) < 4.78 is 0. The monoisotopic (exact) mass is 513 g/mol. The summed E-state index contributed by atoms with van der Waals surface area (Å²) in [5.74, 6) is 0.746. The van der Waals surface area contributed by atoms with Crippen LogP contribution in [0.5, 0.6) is 0 Å². The van der Waals surface area contributed by atoms with Crippen LogP contribution in [0.2, 0.25) is 0 Å². The minimum absolute atomic E-state index is 0. The first kappa shape index (κ1) is 23.6. The van der Waals surface area contributed by atoms with Gasteiger partial charge in [-0.15, -0.1) is 24.0 Å². The van der Waals surface area contributed by atoms with E-state index >= 15 is 0 Å². The molecular formula is C21H32IN5O2. The highest BCUT2D eigenvalue weighted by Gasteiger charge is 2.25. The topological polar surface area (TPSA) is 68.2 Å². The largest absolute Gasteiger partial charge is 0.357 e. The molecule has 1 N–H and O–H groups in total. The molecule has 2 saturated heterocycles. The van der Waals surface area contributed by atoms with Crippen LogP contribution in [-0.2, 0) is 16.1 Å². The number of hydrogen-bond donors (Lipinski definition) is 1. The van der Waals surface area contributed by atoms with Crippen LogP contribution in [0, 0.1) is 0 Å². The van der Waals surface area contributed by atoms with Gasteiger partial charge < -0.3 is 10.2 Å². The molecule has 0 aliphatic carbocycles. The van der Waals surface area contributed by atoms with Gasteiger partial charge in [-0.3, -0.25) is 24.4 Å². The highest BCUT2D eigenvalue weighted by atomic mass is 127. The Morgan fingerprint density at radius 3 is 2.31 bits per heavy atom. The number of halogens is 1. The van der Waals surface area contributed by atoms with Crippen LogP contribution in [0.15, 0.2) is 35.3 Å². The quantitative estimate of drug-likeness (QED) is 0.273. The molecule has 0 spiro atoms. The maximum absolute atomic E-state index is 11.9. The molecule has 0 unspecified atom stereocenters. The lowest BCUT2D eigenvalue weighted by atomic mass is 10.1. The Morgan fingerprint density at radius 1 is 1.03 bits per heavy atom. The lowest BCUT2D eigenvalue weighted by Crippen LogP contribution is -2.52. The molecule has 2 fully saturated rings. The first-order valence-corrected chi connectivity index (χ1v) is 10.3. The van der Waals surface area contributed by atoms with E-state index in [1.165, 1.54) is 10.5 Å². The standard InChI is InChI=1S/C21H31N5O2.HI/c1-2-22-21(23-11-12-26-19(27)9-6-10-20(26)28)25-15-13-24(14-16-25)17-18-7-4-3-5-8-18;/h3-5,7-8H,2,6,9-17H2,1H3,(H,22,23);1H. The van der Waals surface area contributed by atoms with E-state index in [1.54, 1.807) is 0 Å². The van der Waals surface area contributed by atoms with Gasteiger partial charge in [0.15, 0.2) is 5.96 Å². The molecule has 3 rings (SSSR count). The van der Waals surface area contributed by atoms with Crippen molar-refractivity contribution in [2.75, 3.05) is 45.8 Å². The van der Waals surface area contributed by atoms with Crippen molar-refractivity contribution in [3.8, 4) is 0 Å². The summed E-state index contributed by atoms with van der Waals surface area (Å²) in [6.07, 6.45) is 1.62. The minimum Gasteiger partial charge on any atom is -0.357 e. The van der Waals surface area contributed by atoms with Crippen molar-refractivity contribution in [3.63, 3.8) is 0 Å². The average molecular weight is 513 g/mol. The number of piperidine rings is 1. The maximum Gasteiger partial charge on any atom is 0.229 e. The van der Waals surface area contributed by atoms with Gasteiger partial charge in [-0.25, -0.2) is 0 Å². The molecule has 0 atom stereocenters. The number of amides is 2. The second-order valence-corrected chi connectivity index (χ2v) is 7.28. The maximum atomic E-state index is 11.9. The van der Waals surface area contributed by atoms with Crippen LogP contribution in [0.3, 0.4) is 0 Å². The summed E-state index contributed by atoms with van der Waals surface area (Å²) in [5, 5.41) is 3.35. The summed E-state index contributed by atoms with van der Waals surface area (Å²) in [5.41, 5.74) is 1.34. The van der Waals surface area contributed by atoms with Crippen molar-refractivity contribution < 1.29 is 9.59 Å². The Bertz CT molecular complexity index is 674. The minimum atomic E-state index is -0.0639. The van der Waals surface area contributed by atoms with Gasteiger partial charge in [0.2, 0.25) is 11.8 Å². The van der Waals surface area contributed by atoms with Gasteiger partial charge in [-0.1, -0.05) is 30.3 Å². The van der Waals surface area contributed by atoms with Crippen LogP contribution in [0.4, 0.5) is 0 Å². The number of benzene rings is 1. The highest BCUT2D eigenvalue weighted by molar-refractivity contribution is 14.0. The second-order valence-electron chi connectivity index (χ2n) is 7.28. The van der Waals surface area contributed by atoms with Gasteiger partial charge in [-0.05, 0) is 18.9 Å². The normalized spacial score (nSPS) is 18.6. The van der Waals surface area contributed by atoms with Gasteiger partial charge in [-0.2, -0.15) is 0 Å². The molecule has 8 heteroatoms. The molecule has 160 valence electrons. The van der Waals surface area contributed by atoms with Gasteiger partial charge in [0.25, 0.3) is 0 Å². The van der Waals surface area contributed by atoms with Crippen molar-refractivity contribution in [3.05, 3.63) is 35.9 Å². The van der Waals surface area contributed by atoms with E-state index in [4.69, 9.17) is 0 Å². The second kappa shape index (κ2) is 12.1. The Morgan fingerprint density at radius 2 is 1.69 bits per heavy atom. The molecule has 1 aromatic rings. The number of carbonyl (C=O) groups excluding carboxylic acids is 2. The van der Waals surface area contributed by atoms with Crippen molar-refractivity contribution in [2.45, 2.75) is 32.7 Å². The van der Waals surface area contributed by atoms with Crippen molar-refractivity contribution in [1.29, 1.82) is 0 Å². The van der Waals surface area contributed by atoms with Crippen molar-refractivity contribution >= 4 is 41.8 Å². The number of aliphatic imine (C=N–C) groups is 1. The third kappa shape index (κ3) is 6.95. The summed E-state index contributed by atoms with van der Waals surface area (Å²) >= 11 is 0. The Kier molecular flexibility index (Phi) is 9.86. The number of hydrogen-bond acceptors (Lipinski definition) is 4. The fraction of sp³-hybridized carbons (Fsp3) is 0.571. The third-order valence-corrected chi connectivity index (χ3v) is 5.22. The predicted molar refractivity (Wildman–Crippen MR) is 125 cm³/mol. The summed E-state index contributed by atoms with van der Waals surface area (Å²) in [6.45, 7) is 8.46. The molecule has 2 aliphatic heterocycles. The van der Waals surface area contributed by atoms with Crippen LogP contribution in [-0.4, -0.2) is 78.3 Å². The molecule has 0 radical (unpaired) electrons. The highest BCUT2D eigenvalue weighted by Crippen LogP contribution is 2.12. The van der Waals surface area contributed by atoms with Crippen molar-refractivity contribution in [1.82, 2.24) is 20.0 Å². The van der Waals surface area contributed by atoms with Gasteiger partial charge >= 0.3 is 0 Å². The summed E-state index contributed by atoms with van der Waals surface area (Å²) in [6, 6.07) is 10.5. The number of guanidine groups is 1. The lowest BCUT2D eigenvalue weighted by molar-refractivity contribution is -0.147. The number of nitrogens with one attached hydrogen (secondary N) is 1. The molecule has 29 heavy (non-hydrogen) atoms. The SMILES string of the molecule is CCNC(=NCCN1C(=O)CCCC1=O)N1CCN(Cc2ccccc2)CC1.I. The van der Waals surface area contributed by atoms with Crippen LogP contribution < -0.4 is 5.32 Å². The number of carbonyl (C=O) groups is 2. The molecule has 2 heterocycles. The number of likely N-dealkylation sites (tertiary alicyclic amines) is 1. The number of imide groups is 1. The van der Waals surface area contributed by atoms with E-state index in [0.29, 0.717) is 32.4 Å². The lowest BCUT2D eigenvalue weighted by Gasteiger charge is -2.36. The van der Waals surface area contributed by atoms with Crippen LogP contribution in [0.25, 0.3) is 0 Å². The van der Waals surface area contributed by atoms with Crippen LogP contribution in [0.1, 0.15) is 31.7 Å².